The first-order valence-corrected chi connectivity index (χ1v) is 9.30. The number of rotatable bonds is 6. The lowest BCUT2D eigenvalue weighted by Gasteiger charge is -2.14. The minimum absolute atomic E-state index is 0.109. The van der Waals surface area contributed by atoms with Crippen LogP contribution in [0.4, 0.5) is 13.2 Å². The molecule has 0 aliphatic carbocycles. The predicted octanol–water partition coefficient (Wildman–Crippen LogP) is 4.79. The molecular formula is C22H18F3N3O3. The van der Waals surface area contributed by atoms with E-state index in [2.05, 4.69) is 9.97 Å². The molecule has 0 aliphatic heterocycles. The van der Waals surface area contributed by atoms with Gasteiger partial charge in [-0.25, -0.2) is 9.97 Å². The monoisotopic (exact) mass is 429 g/mol. The molecule has 160 valence electrons. The van der Waals surface area contributed by atoms with Gasteiger partial charge in [0.25, 0.3) is 0 Å². The SMILES string of the molecule is COc1cc(Cn2cnc3cc(C(F)(F)F)cnc32)cc(O)c1OCc1ccccc1. The summed E-state index contributed by atoms with van der Waals surface area (Å²) in [5.41, 5.74) is 1.15. The van der Waals surface area contributed by atoms with E-state index in [-0.39, 0.29) is 30.2 Å². The van der Waals surface area contributed by atoms with Gasteiger partial charge in [0.05, 0.1) is 25.5 Å². The number of aromatic nitrogens is 3. The number of halogens is 3. The van der Waals surface area contributed by atoms with E-state index >= 15 is 0 Å². The van der Waals surface area contributed by atoms with Gasteiger partial charge in [-0.2, -0.15) is 13.2 Å². The lowest BCUT2D eigenvalue weighted by atomic mass is 10.1. The van der Waals surface area contributed by atoms with Crippen LogP contribution in [0.15, 0.2) is 61.1 Å². The molecule has 0 aliphatic rings. The Morgan fingerprint density at radius 3 is 2.52 bits per heavy atom. The van der Waals surface area contributed by atoms with Crippen molar-refractivity contribution in [2.24, 2.45) is 0 Å². The van der Waals surface area contributed by atoms with Crippen LogP contribution in [0.2, 0.25) is 0 Å². The van der Waals surface area contributed by atoms with Gasteiger partial charge in [0.15, 0.2) is 17.1 Å². The number of hydrogen-bond donors (Lipinski definition) is 1. The second-order valence-electron chi connectivity index (χ2n) is 6.86. The van der Waals surface area contributed by atoms with Crippen LogP contribution in [0.3, 0.4) is 0 Å². The first-order valence-electron chi connectivity index (χ1n) is 9.30. The second-order valence-corrected chi connectivity index (χ2v) is 6.86. The molecule has 0 saturated carbocycles. The van der Waals surface area contributed by atoms with Crippen molar-refractivity contribution in [3.8, 4) is 17.2 Å². The van der Waals surface area contributed by atoms with Gasteiger partial charge in [-0.15, -0.1) is 0 Å². The van der Waals surface area contributed by atoms with Crippen molar-refractivity contribution in [1.29, 1.82) is 0 Å². The van der Waals surface area contributed by atoms with Crippen LogP contribution in [-0.2, 0) is 19.3 Å². The zero-order valence-corrected chi connectivity index (χ0v) is 16.4. The third-order valence-corrected chi connectivity index (χ3v) is 4.68. The van der Waals surface area contributed by atoms with E-state index in [1.54, 1.807) is 10.6 Å². The molecule has 2 aromatic carbocycles. The van der Waals surface area contributed by atoms with Crippen molar-refractivity contribution in [1.82, 2.24) is 14.5 Å². The molecule has 0 bridgehead atoms. The number of phenols is 1. The fraction of sp³-hybridized carbons (Fsp3) is 0.182. The highest BCUT2D eigenvalue weighted by molar-refractivity contribution is 5.71. The summed E-state index contributed by atoms with van der Waals surface area (Å²) >= 11 is 0. The van der Waals surface area contributed by atoms with Gasteiger partial charge >= 0.3 is 6.18 Å². The van der Waals surface area contributed by atoms with E-state index in [0.717, 1.165) is 17.8 Å². The largest absolute Gasteiger partial charge is 0.504 e. The maximum atomic E-state index is 12.9. The van der Waals surface area contributed by atoms with Crippen molar-refractivity contribution in [2.75, 3.05) is 7.11 Å². The Labute approximate surface area is 175 Å². The number of phenolic OH excluding ortho intramolecular Hbond substituents is 1. The van der Waals surface area contributed by atoms with E-state index in [0.29, 0.717) is 17.0 Å². The van der Waals surface area contributed by atoms with Gasteiger partial charge in [0, 0.05) is 6.20 Å². The minimum atomic E-state index is -4.49. The molecule has 9 heteroatoms. The first kappa shape index (κ1) is 20.5. The van der Waals surface area contributed by atoms with Crippen LogP contribution in [0.25, 0.3) is 11.2 Å². The van der Waals surface area contributed by atoms with E-state index in [1.807, 2.05) is 30.3 Å². The Bertz CT molecular complexity index is 1210. The van der Waals surface area contributed by atoms with Crippen molar-refractivity contribution >= 4 is 11.2 Å². The predicted molar refractivity (Wildman–Crippen MR) is 107 cm³/mol. The lowest BCUT2D eigenvalue weighted by molar-refractivity contribution is -0.137. The van der Waals surface area contributed by atoms with Gasteiger partial charge in [0.2, 0.25) is 5.75 Å². The summed E-state index contributed by atoms with van der Waals surface area (Å²) in [7, 11) is 1.46. The average Bonchev–Trinajstić information content (AvgIpc) is 3.15. The highest BCUT2D eigenvalue weighted by Crippen LogP contribution is 2.38. The first-order chi connectivity index (χ1) is 14.8. The van der Waals surface area contributed by atoms with Crippen molar-refractivity contribution in [3.05, 3.63) is 77.7 Å². The maximum Gasteiger partial charge on any atom is 0.417 e. The Kier molecular flexibility index (Phi) is 5.41. The molecule has 0 atom stereocenters. The van der Waals surface area contributed by atoms with E-state index in [1.165, 1.54) is 19.5 Å². The average molecular weight is 429 g/mol. The summed E-state index contributed by atoms with van der Waals surface area (Å²) in [5.74, 6) is 0.434. The number of benzene rings is 2. The lowest BCUT2D eigenvalue weighted by Crippen LogP contribution is -2.06. The van der Waals surface area contributed by atoms with Crippen LogP contribution in [0.1, 0.15) is 16.7 Å². The van der Waals surface area contributed by atoms with Gasteiger partial charge in [-0.1, -0.05) is 30.3 Å². The summed E-state index contributed by atoms with van der Waals surface area (Å²) < 4.78 is 51.3. The summed E-state index contributed by atoms with van der Waals surface area (Å²) in [6.45, 7) is 0.472. The number of hydrogen-bond acceptors (Lipinski definition) is 5. The van der Waals surface area contributed by atoms with E-state index in [4.69, 9.17) is 9.47 Å². The van der Waals surface area contributed by atoms with Crippen LogP contribution in [-0.4, -0.2) is 26.8 Å². The van der Waals surface area contributed by atoms with Gasteiger partial charge in [-0.3, -0.25) is 0 Å². The molecule has 1 N–H and O–H groups in total. The van der Waals surface area contributed by atoms with Crippen molar-refractivity contribution < 1.29 is 27.8 Å². The van der Waals surface area contributed by atoms with Crippen LogP contribution in [0, 0.1) is 0 Å². The summed E-state index contributed by atoms with van der Waals surface area (Å²) in [6, 6.07) is 13.6. The third-order valence-electron chi connectivity index (χ3n) is 4.68. The molecule has 2 aromatic heterocycles. The molecule has 31 heavy (non-hydrogen) atoms. The Morgan fingerprint density at radius 2 is 1.81 bits per heavy atom. The standard InChI is InChI=1S/C22H18F3N3O3/c1-30-19-8-15(7-18(29)20(19)31-12-14-5-3-2-4-6-14)11-28-13-27-17-9-16(22(23,24)25)10-26-21(17)28/h2-10,13,29H,11-12H2,1H3. The van der Waals surface area contributed by atoms with Crippen LogP contribution < -0.4 is 9.47 Å². The number of methoxy groups -OCH3 is 1. The molecule has 0 saturated heterocycles. The third kappa shape index (κ3) is 4.40. The van der Waals surface area contributed by atoms with Gasteiger partial charge in [-0.05, 0) is 29.3 Å². The number of alkyl halides is 3. The minimum Gasteiger partial charge on any atom is -0.504 e. The zero-order valence-electron chi connectivity index (χ0n) is 16.4. The van der Waals surface area contributed by atoms with E-state index < -0.39 is 11.7 Å². The molecule has 0 unspecified atom stereocenters. The molecule has 0 fully saturated rings. The smallest absolute Gasteiger partial charge is 0.417 e. The van der Waals surface area contributed by atoms with Crippen molar-refractivity contribution in [2.45, 2.75) is 19.3 Å². The zero-order chi connectivity index (χ0) is 22.0. The van der Waals surface area contributed by atoms with Crippen LogP contribution >= 0.6 is 0 Å². The van der Waals surface area contributed by atoms with E-state index in [9.17, 15) is 18.3 Å². The maximum absolute atomic E-state index is 12.9. The molecule has 4 rings (SSSR count). The molecular weight excluding hydrogens is 411 g/mol. The number of ether oxygens (including phenoxy) is 2. The fourth-order valence-electron chi connectivity index (χ4n) is 3.18. The Balaban J connectivity index is 1.58. The molecule has 4 aromatic rings. The fourth-order valence-corrected chi connectivity index (χ4v) is 3.18. The van der Waals surface area contributed by atoms with Gasteiger partial charge in [0.1, 0.15) is 12.1 Å². The van der Waals surface area contributed by atoms with Gasteiger partial charge < -0.3 is 19.1 Å². The number of aromatic hydroxyl groups is 1. The number of imidazole rings is 1. The Morgan fingerprint density at radius 1 is 1.03 bits per heavy atom. The highest BCUT2D eigenvalue weighted by atomic mass is 19.4. The quantitative estimate of drug-likeness (QED) is 0.477. The number of fused-ring (bicyclic) bond motifs is 1. The molecule has 2 heterocycles. The molecule has 0 amide bonds. The second kappa shape index (κ2) is 8.17. The summed E-state index contributed by atoms with van der Waals surface area (Å²) in [5, 5.41) is 10.5. The summed E-state index contributed by atoms with van der Waals surface area (Å²) in [6.07, 6.45) is -2.31. The number of nitrogens with zero attached hydrogens (tertiary/aromatic N) is 3. The summed E-state index contributed by atoms with van der Waals surface area (Å²) in [4.78, 5) is 7.93. The van der Waals surface area contributed by atoms with Crippen molar-refractivity contribution in [3.63, 3.8) is 0 Å². The molecule has 0 radical (unpaired) electrons. The highest BCUT2D eigenvalue weighted by Gasteiger charge is 2.31. The Hall–Kier alpha value is -3.75. The normalized spacial score (nSPS) is 11.6. The molecule has 0 spiro atoms. The topological polar surface area (TPSA) is 69.4 Å². The van der Waals surface area contributed by atoms with Crippen LogP contribution in [0.5, 0.6) is 17.2 Å². The molecule has 6 nitrogen and oxygen atoms in total. The number of pyridine rings is 1.